The third kappa shape index (κ3) is 8.02. The van der Waals surface area contributed by atoms with Crippen molar-refractivity contribution >= 4 is 17.4 Å². The molecule has 21 heavy (non-hydrogen) atoms. The van der Waals surface area contributed by atoms with Crippen LogP contribution in [0.3, 0.4) is 0 Å². The van der Waals surface area contributed by atoms with Crippen LogP contribution in [0.2, 0.25) is 0 Å². The number of nitrogens with zero attached hydrogens (tertiary/aromatic N) is 1. The van der Waals surface area contributed by atoms with Crippen LogP contribution in [0.4, 0.5) is 4.79 Å². The van der Waals surface area contributed by atoms with Gasteiger partial charge < -0.3 is 15.4 Å². The number of rotatable bonds is 7. The van der Waals surface area contributed by atoms with Gasteiger partial charge in [0, 0.05) is 30.2 Å². The summed E-state index contributed by atoms with van der Waals surface area (Å²) in [6.07, 6.45) is 1.69. The smallest absolute Gasteiger partial charge is 0.407 e. The van der Waals surface area contributed by atoms with Crippen LogP contribution in [-0.2, 0) is 11.3 Å². The number of nitrogens with one attached hydrogen (secondary N) is 2. The fraction of sp³-hybridized carbons (Fsp3) is 0.733. The zero-order valence-corrected chi connectivity index (χ0v) is 14.5. The Morgan fingerprint density at radius 3 is 2.71 bits per heavy atom. The maximum Gasteiger partial charge on any atom is 0.407 e. The molecular weight excluding hydrogens is 286 g/mol. The highest BCUT2D eigenvalue weighted by molar-refractivity contribution is 7.09. The molecule has 1 atom stereocenters. The lowest BCUT2D eigenvalue weighted by Gasteiger charge is -2.22. The Labute approximate surface area is 131 Å². The SMILES string of the molecule is CCCC(CNC(=O)OC(C)(C)C)NCc1nc(C)cs1. The topological polar surface area (TPSA) is 63.2 Å². The highest BCUT2D eigenvalue weighted by Gasteiger charge is 2.17. The number of carbonyl (C=O) groups excluding carboxylic acids is 1. The molecule has 1 aromatic rings. The predicted molar refractivity (Wildman–Crippen MR) is 86.6 cm³/mol. The van der Waals surface area contributed by atoms with Crippen LogP contribution in [0.15, 0.2) is 5.38 Å². The van der Waals surface area contributed by atoms with Crippen molar-refractivity contribution in [2.45, 2.75) is 65.6 Å². The molecule has 0 aromatic carbocycles. The molecule has 0 radical (unpaired) electrons. The molecular formula is C15H27N3O2S. The molecule has 0 spiro atoms. The molecule has 0 aliphatic rings. The summed E-state index contributed by atoms with van der Waals surface area (Å²) in [7, 11) is 0. The summed E-state index contributed by atoms with van der Waals surface area (Å²) in [4.78, 5) is 16.1. The fourth-order valence-corrected chi connectivity index (χ4v) is 2.58. The van der Waals surface area contributed by atoms with E-state index in [2.05, 4.69) is 22.5 Å². The molecule has 0 aliphatic heterocycles. The second-order valence-corrected chi connectivity index (χ2v) is 7.07. The van der Waals surface area contributed by atoms with Crippen molar-refractivity contribution in [2.24, 2.45) is 0 Å². The summed E-state index contributed by atoms with van der Waals surface area (Å²) in [6.45, 7) is 11.0. The normalized spacial score (nSPS) is 13.0. The molecule has 1 rings (SSSR count). The van der Waals surface area contributed by atoms with Gasteiger partial charge in [-0.15, -0.1) is 11.3 Å². The van der Waals surface area contributed by atoms with Crippen molar-refractivity contribution in [1.29, 1.82) is 0 Å². The third-order valence-electron chi connectivity index (χ3n) is 2.74. The summed E-state index contributed by atoms with van der Waals surface area (Å²) in [5.74, 6) is 0. The van der Waals surface area contributed by atoms with E-state index >= 15 is 0 Å². The van der Waals surface area contributed by atoms with Crippen LogP contribution in [0, 0.1) is 6.92 Å². The minimum absolute atomic E-state index is 0.228. The van der Waals surface area contributed by atoms with Gasteiger partial charge in [0.05, 0.1) is 0 Å². The van der Waals surface area contributed by atoms with Gasteiger partial charge in [-0.25, -0.2) is 9.78 Å². The fourth-order valence-electron chi connectivity index (χ4n) is 1.86. The van der Waals surface area contributed by atoms with Crippen LogP contribution in [0.1, 0.15) is 51.2 Å². The van der Waals surface area contributed by atoms with Crippen LogP contribution < -0.4 is 10.6 Å². The van der Waals surface area contributed by atoms with Crippen molar-refractivity contribution in [1.82, 2.24) is 15.6 Å². The number of aromatic nitrogens is 1. The average Bonchev–Trinajstić information content (AvgIpc) is 2.76. The van der Waals surface area contributed by atoms with Gasteiger partial charge in [-0.2, -0.15) is 0 Å². The lowest BCUT2D eigenvalue weighted by Crippen LogP contribution is -2.42. The van der Waals surface area contributed by atoms with Crippen molar-refractivity contribution in [2.75, 3.05) is 6.54 Å². The predicted octanol–water partition coefficient (Wildman–Crippen LogP) is 3.23. The monoisotopic (exact) mass is 313 g/mol. The maximum atomic E-state index is 11.7. The van der Waals surface area contributed by atoms with Gasteiger partial charge >= 0.3 is 6.09 Å². The van der Waals surface area contributed by atoms with E-state index in [1.165, 1.54) is 0 Å². The standard InChI is InChI=1S/C15H27N3O2S/c1-6-7-12(8-17-14(19)20-15(3,4)5)16-9-13-18-11(2)10-21-13/h10,12,16H,6-9H2,1-5H3,(H,17,19). The van der Waals surface area contributed by atoms with E-state index in [1.807, 2.05) is 33.1 Å². The van der Waals surface area contributed by atoms with Crippen molar-refractivity contribution in [3.05, 3.63) is 16.1 Å². The molecule has 5 nitrogen and oxygen atoms in total. The van der Waals surface area contributed by atoms with Gasteiger partial charge in [-0.05, 0) is 34.1 Å². The Bertz CT molecular complexity index is 440. The van der Waals surface area contributed by atoms with Gasteiger partial charge in [0.15, 0.2) is 0 Å². The Hall–Kier alpha value is -1.14. The lowest BCUT2D eigenvalue weighted by atomic mass is 10.1. The number of thiazole rings is 1. The minimum atomic E-state index is -0.462. The van der Waals surface area contributed by atoms with Crippen molar-refractivity contribution in [3.63, 3.8) is 0 Å². The summed E-state index contributed by atoms with van der Waals surface area (Å²) in [5.41, 5.74) is 0.589. The number of amides is 1. The zero-order valence-electron chi connectivity index (χ0n) is 13.7. The quantitative estimate of drug-likeness (QED) is 0.811. The molecule has 1 aromatic heterocycles. The van der Waals surface area contributed by atoms with Crippen molar-refractivity contribution < 1.29 is 9.53 Å². The van der Waals surface area contributed by atoms with E-state index in [1.54, 1.807) is 11.3 Å². The summed E-state index contributed by atoms with van der Waals surface area (Å²) >= 11 is 1.66. The first-order valence-electron chi connectivity index (χ1n) is 7.41. The lowest BCUT2D eigenvalue weighted by molar-refractivity contribution is 0.0521. The summed E-state index contributed by atoms with van der Waals surface area (Å²) in [5, 5.41) is 9.39. The van der Waals surface area contributed by atoms with Gasteiger partial charge in [0.2, 0.25) is 0 Å². The van der Waals surface area contributed by atoms with Gasteiger partial charge in [-0.3, -0.25) is 0 Å². The number of hydrogen-bond acceptors (Lipinski definition) is 5. The number of aryl methyl sites for hydroxylation is 1. The number of ether oxygens (including phenoxy) is 1. The van der Waals surface area contributed by atoms with Gasteiger partial charge in [-0.1, -0.05) is 13.3 Å². The Morgan fingerprint density at radius 1 is 1.48 bits per heavy atom. The Balaban J connectivity index is 2.37. The second-order valence-electron chi connectivity index (χ2n) is 6.13. The first-order chi connectivity index (χ1) is 9.80. The summed E-state index contributed by atoms with van der Waals surface area (Å²) < 4.78 is 5.24. The van der Waals surface area contributed by atoms with Crippen LogP contribution in [-0.4, -0.2) is 29.3 Å². The number of hydrogen-bond donors (Lipinski definition) is 2. The number of alkyl carbamates (subject to hydrolysis) is 1. The van der Waals surface area contributed by atoms with E-state index in [4.69, 9.17) is 4.74 Å². The molecule has 6 heteroatoms. The van der Waals surface area contributed by atoms with Crippen LogP contribution in [0.5, 0.6) is 0 Å². The average molecular weight is 313 g/mol. The summed E-state index contributed by atoms with van der Waals surface area (Å²) in [6, 6.07) is 0.228. The van der Waals surface area contributed by atoms with Crippen LogP contribution >= 0.6 is 11.3 Å². The Kier molecular flexibility index (Phi) is 7.11. The highest BCUT2D eigenvalue weighted by Crippen LogP contribution is 2.09. The first-order valence-corrected chi connectivity index (χ1v) is 8.29. The molecule has 120 valence electrons. The van der Waals surface area contributed by atoms with Gasteiger partial charge in [0.1, 0.15) is 10.6 Å². The zero-order chi connectivity index (χ0) is 15.9. The molecule has 0 saturated heterocycles. The molecule has 0 fully saturated rings. The van der Waals surface area contributed by atoms with Gasteiger partial charge in [0.25, 0.3) is 0 Å². The van der Waals surface area contributed by atoms with E-state index in [9.17, 15) is 4.79 Å². The highest BCUT2D eigenvalue weighted by atomic mass is 32.1. The van der Waals surface area contributed by atoms with E-state index in [0.717, 1.165) is 30.1 Å². The Morgan fingerprint density at radius 2 is 2.19 bits per heavy atom. The molecule has 1 heterocycles. The van der Waals surface area contributed by atoms with Crippen LogP contribution in [0.25, 0.3) is 0 Å². The van der Waals surface area contributed by atoms with E-state index in [-0.39, 0.29) is 12.1 Å². The third-order valence-corrected chi connectivity index (χ3v) is 3.70. The molecule has 0 aliphatic carbocycles. The first kappa shape index (κ1) is 17.9. The molecule has 2 N–H and O–H groups in total. The number of carbonyl (C=O) groups is 1. The van der Waals surface area contributed by atoms with E-state index in [0.29, 0.717) is 6.54 Å². The molecule has 0 saturated carbocycles. The molecule has 0 bridgehead atoms. The molecule has 1 unspecified atom stereocenters. The van der Waals surface area contributed by atoms with Crippen molar-refractivity contribution in [3.8, 4) is 0 Å². The second kappa shape index (κ2) is 8.34. The van der Waals surface area contributed by atoms with E-state index < -0.39 is 5.60 Å². The minimum Gasteiger partial charge on any atom is -0.444 e. The maximum absolute atomic E-state index is 11.7. The largest absolute Gasteiger partial charge is 0.444 e. The molecule has 1 amide bonds.